The van der Waals surface area contributed by atoms with Crippen molar-refractivity contribution in [2.75, 3.05) is 49.7 Å². The summed E-state index contributed by atoms with van der Waals surface area (Å²) in [7, 11) is 1.62. The van der Waals surface area contributed by atoms with Gasteiger partial charge in [0, 0.05) is 40.9 Å². The lowest BCUT2D eigenvalue weighted by atomic mass is 9.91. The van der Waals surface area contributed by atoms with E-state index >= 15 is 22.0 Å². The van der Waals surface area contributed by atoms with E-state index in [0.717, 1.165) is 12.1 Å². The topological polar surface area (TPSA) is 139 Å². The van der Waals surface area contributed by atoms with E-state index in [1.54, 1.807) is 42.0 Å². The summed E-state index contributed by atoms with van der Waals surface area (Å²) < 4.78 is 117. The van der Waals surface area contributed by atoms with Gasteiger partial charge in [0.1, 0.15) is 58.6 Å². The molecule has 18 heteroatoms. The summed E-state index contributed by atoms with van der Waals surface area (Å²) in [6.07, 6.45) is -5.63. The Balaban J connectivity index is 1.52. The number of pyridine rings is 1. The molecule has 0 saturated carbocycles. The number of rotatable bonds is 6. The number of nitriles is 1. The van der Waals surface area contributed by atoms with Crippen LogP contribution in [0.25, 0.3) is 32.1 Å². The molecule has 10 nitrogen and oxygen atoms in total. The van der Waals surface area contributed by atoms with Gasteiger partial charge >= 0.3 is 12.2 Å². The summed E-state index contributed by atoms with van der Waals surface area (Å²) in [5, 5.41) is 8.96. The molecule has 0 bridgehead atoms. The standard InChI is InChI=1S/C34H27F7N8O2S/c1-14(17-4-3-7-45-30(17)43)49-8-9-50-27-23-26(46-33(47-32(23)49)51-13-16-10-15(29(37)38)12-48(16)2)25(36)22(24(27)34(39,40)41)18-5-6-20(35)28-21(18)19(11-42)31(44)52-28/h3-7,14,16H,8-10,12-13,44H2,1-2H3,(H2,43,45)/t14-,16?/m1/s1. The van der Waals surface area contributed by atoms with Gasteiger partial charge in [0.05, 0.1) is 28.2 Å². The maximum Gasteiger partial charge on any atom is 0.420 e. The van der Waals surface area contributed by atoms with Crippen molar-refractivity contribution in [1.82, 2.24) is 19.9 Å². The van der Waals surface area contributed by atoms with Gasteiger partial charge in [-0.05, 0) is 38.1 Å². The number of likely N-dealkylation sites (N-methyl/N-ethyl adjacent to an activating group) is 1. The first kappa shape index (κ1) is 35.0. The predicted molar refractivity (Wildman–Crippen MR) is 180 cm³/mol. The third-order valence-electron chi connectivity index (χ3n) is 9.34. The molecule has 5 aromatic rings. The molecule has 270 valence electrons. The van der Waals surface area contributed by atoms with Gasteiger partial charge in [-0.15, -0.1) is 11.3 Å². The largest absolute Gasteiger partial charge is 0.490 e. The van der Waals surface area contributed by atoms with Gasteiger partial charge in [-0.1, -0.05) is 12.1 Å². The molecular formula is C34H27F7N8O2S. The van der Waals surface area contributed by atoms with Crippen LogP contribution in [0.4, 0.5) is 47.4 Å². The molecule has 52 heavy (non-hydrogen) atoms. The van der Waals surface area contributed by atoms with E-state index in [1.165, 1.54) is 6.20 Å². The van der Waals surface area contributed by atoms with E-state index in [4.69, 9.17) is 20.9 Å². The van der Waals surface area contributed by atoms with Crippen LogP contribution < -0.4 is 25.8 Å². The highest BCUT2D eigenvalue weighted by Crippen LogP contribution is 2.54. The van der Waals surface area contributed by atoms with Gasteiger partial charge in [0.15, 0.2) is 5.82 Å². The minimum absolute atomic E-state index is 0.0131. The van der Waals surface area contributed by atoms with Crippen LogP contribution >= 0.6 is 11.3 Å². The Bertz CT molecular complexity index is 2340. The number of aromatic nitrogens is 3. The molecule has 2 aliphatic rings. The second-order valence-electron chi connectivity index (χ2n) is 12.3. The second-order valence-corrected chi connectivity index (χ2v) is 13.4. The summed E-state index contributed by atoms with van der Waals surface area (Å²) >= 11 is 0.638. The zero-order valence-corrected chi connectivity index (χ0v) is 28.1. The van der Waals surface area contributed by atoms with Gasteiger partial charge in [-0.2, -0.15) is 37.2 Å². The fourth-order valence-electron chi connectivity index (χ4n) is 6.82. The minimum Gasteiger partial charge on any atom is -0.490 e. The summed E-state index contributed by atoms with van der Waals surface area (Å²) in [5.74, 6) is -3.20. The smallest absolute Gasteiger partial charge is 0.420 e. The van der Waals surface area contributed by atoms with Crippen molar-refractivity contribution in [1.29, 1.82) is 5.26 Å². The first-order valence-electron chi connectivity index (χ1n) is 15.7. The van der Waals surface area contributed by atoms with Crippen molar-refractivity contribution in [2.45, 2.75) is 31.6 Å². The lowest BCUT2D eigenvalue weighted by Crippen LogP contribution is -2.32. The van der Waals surface area contributed by atoms with Crippen LogP contribution in [0.1, 0.15) is 36.1 Å². The highest BCUT2D eigenvalue weighted by molar-refractivity contribution is 7.23. The Morgan fingerprint density at radius 1 is 1.17 bits per heavy atom. The van der Waals surface area contributed by atoms with E-state index < -0.39 is 75.3 Å². The Morgan fingerprint density at radius 3 is 2.62 bits per heavy atom. The molecule has 5 heterocycles. The average molecular weight is 745 g/mol. The SMILES string of the molecule is C[C@H](c1cccnc1N)N1CCOc2c(C(F)(F)F)c(-c3ccc(F)c4sc(N)c(C#N)c34)c(F)c3nc(OCC4CC(=C(F)F)CN4C)nc1c23. The van der Waals surface area contributed by atoms with Crippen LogP contribution in [0, 0.1) is 23.0 Å². The van der Waals surface area contributed by atoms with Gasteiger partial charge < -0.3 is 25.8 Å². The van der Waals surface area contributed by atoms with Crippen molar-refractivity contribution in [2.24, 2.45) is 0 Å². The Labute approximate surface area is 294 Å². The van der Waals surface area contributed by atoms with E-state index in [2.05, 4.69) is 15.0 Å². The monoisotopic (exact) mass is 744 g/mol. The van der Waals surface area contributed by atoms with E-state index in [9.17, 15) is 14.0 Å². The quantitative estimate of drug-likeness (QED) is 0.169. The molecule has 1 saturated heterocycles. The number of benzene rings is 2. The van der Waals surface area contributed by atoms with E-state index in [1.807, 2.05) is 0 Å². The summed E-state index contributed by atoms with van der Waals surface area (Å²) in [4.78, 5) is 16.0. The number of hydrogen-bond acceptors (Lipinski definition) is 11. The number of ether oxygens (including phenoxy) is 2. The maximum absolute atomic E-state index is 17.3. The van der Waals surface area contributed by atoms with Crippen LogP contribution in [0.15, 0.2) is 42.1 Å². The van der Waals surface area contributed by atoms with Gasteiger partial charge in [-0.3, -0.25) is 4.90 Å². The third kappa shape index (κ3) is 5.73. The van der Waals surface area contributed by atoms with Gasteiger partial charge in [0.2, 0.25) is 0 Å². The number of thiophene rings is 1. The first-order valence-corrected chi connectivity index (χ1v) is 16.5. The third-order valence-corrected chi connectivity index (χ3v) is 10.4. The Morgan fingerprint density at radius 2 is 1.94 bits per heavy atom. The molecule has 1 unspecified atom stereocenters. The Hall–Kier alpha value is -5.41. The molecule has 2 aromatic carbocycles. The number of nitrogens with two attached hydrogens (primary N) is 2. The number of nitrogens with zero attached hydrogens (tertiary/aromatic N) is 6. The number of nitrogen functional groups attached to an aromatic ring is 2. The normalized spacial score (nSPS) is 17.0. The molecule has 2 atom stereocenters. The highest BCUT2D eigenvalue weighted by Gasteiger charge is 2.44. The molecule has 2 aliphatic heterocycles. The number of alkyl halides is 3. The molecule has 0 amide bonds. The van der Waals surface area contributed by atoms with Crippen molar-refractivity contribution >= 4 is 49.0 Å². The van der Waals surface area contributed by atoms with Crippen LogP contribution in [0.3, 0.4) is 0 Å². The van der Waals surface area contributed by atoms with Crippen LogP contribution in [-0.4, -0.2) is 59.2 Å². The van der Waals surface area contributed by atoms with E-state index in [-0.39, 0.29) is 70.6 Å². The molecule has 0 spiro atoms. The lowest BCUT2D eigenvalue weighted by molar-refractivity contribution is -0.138. The van der Waals surface area contributed by atoms with E-state index in [0.29, 0.717) is 16.9 Å². The molecule has 1 fully saturated rings. The molecule has 7 rings (SSSR count). The fourth-order valence-corrected chi connectivity index (χ4v) is 7.77. The first-order chi connectivity index (χ1) is 24.7. The van der Waals surface area contributed by atoms with Crippen LogP contribution in [0.5, 0.6) is 11.8 Å². The maximum atomic E-state index is 17.3. The van der Waals surface area contributed by atoms with Crippen LogP contribution in [-0.2, 0) is 6.18 Å². The van der Waals surface area contributed by atoms with Crippen molar-refractivity contribution in [3.8, 4) is 29.0 Å². The number of fused-ring (bicyclic) bond motifs is 1. The van der Waals surface area contributed by atoms with Crippen molar-refractivity contribution in [3.63, 3.8) is 0 Å². The highest BCUT2D eigenvalue weighted by atomic mass is 32.1. The van der Waals surface area contributed by atoms with Gasteiger partial charge in [-0.25, -0.2) is 13.8 Å². The molecular weight excluding hydrogens is 717 g/mol. The molecule has 0 radical (unpaired) electrons. The average Bonchev–Trinajstić information content (AvgIpc) is 3.58. The lowest BCUT2D eigenvalue weighted by Gasteiger charge is -2.30. The molecule has 4 N–H and O–H groups in total. The summed E-state index contributed by atoms with van der Waals surface area (Å²) in [6.45, 7) is 1.06. The molecule has 3 aromatic heterocycles. The fraction of sp³-hybridized carbons (Fsp3) is 0.294. The summed E-state index contributed by atoms with van der Waals surface area (Å²) in [6, 6.07) is 5.19. The zero-order valence-electron chi connectivity index (χ0n) is 27.3. The van der Waals surface area contributed by atoms with Gasteiger partial charge in [0.25, 0.3) is 6.08 Å². The second kappa shape index (κ2) is 13.0. The number of halogens is 7. The van der Waals surface area contributed by atoms with Crippen molar-refractivity contribution in [3.05, 3.63) is 70.4 Å². The predicted octanol–water partition coefficient (Wildman–Crippen LogP) is 7.43. The number of hydrogen-bond donors (Lipinski definition) is 2. The number of anilines is 3. The number of likely N-dealkylation sites (tertiary alicyclic amines) is 1. The zero-order chi connectivity index (χ0) is 37.2. The summed E-state index contributed by atoms with van der Waals surface area (Å²) in [5.41, 5.74) is 8.53. The minimum atomic E-state index is -5.26. The Kier molecular flexibility index (Phi) is 8.73. The molecule has 0 aliphatic carbocycles. The van der Waals surface area contributed by atoms with Crippen molar-refractivity contribution < 1.29 is 40.2 Å². The van der Waals surface area contributed by atoms with Crippen LogP contribution in [0.2, 0.25) is 0 Å².